The van der Waals surface area contributed by atoms with Crippen LogP contribution in [0.15, 0.2) is 58.3 Å². The first-order valence-electron chi connectivity index (χ1n) is 10.8. The SMILES string of the molecule is CCC(Sc1cccc(NC(=O)C2CCCCC2)c1)C(=O)Nc1ccc(S(N)(=O)=O)cc1. The summed E-state index contributed by atoms with van der Waals surface area (Å²) in [7, 11) is -3.78. The van der Waals surface area contributed by atoms with Crippen molar-refractivity contribution in [3.05, 3.63) is 48.5 Å². The third kappa shape index (κ3) is 6.82. The molecule has 9 heteroatoms. The zero-order valence-electron chi connectivity index (χ0n) is 18.0. The largest absolute Gasteiger partial charge is 0.326 e. The summed E-state index contributed by atoms with van der Waals surface area (Å²) in [5.74, 6) is -0.0352. The Morgan fingerprint density at radius 1 is 1.03 bits per heavy atom. The monoisotopic (exact) mass is 475 g/mol. The van der Waals surface area contributed by atoms with Crippen molar-refractivity contribution < 1.29 is 18.0 Å². The Hall–Kier alpha value is -2.36. The molecule has 1 atom stereocenters. The van der Waals surface area contributed by atoms with E-state index in [9.17, 15) is 18.0 Å². The summed E-state index contributed by atoms with van der Waals surface area (Å²) in [5.41, 5.74) is 1.23. The van der Waals surface area contributed by atoms with Gasteiger partial charge >= 0.3 is 0 Å². The second-order valence-corrected chi connectivity index (χ2v) is 10.8. The van der Waals surface area contributed by atoms with Gasteiger partial charge in [-0.05, 0) is 61.7 Å². The molecule has 0 radical (unpaired) electrons. The fourth-order valence-electron chi connectivity index (χ4n) is 3.69. The maximum absolute atomic E-state index is 12.8. The van der Waals surface area contributed by atoms with Crippen molar-refractivity contribution in [2.45, 2.75) is 60.5 Å². The first-order valence-corrected chi connectivity index (χ1v) is 13.2. The number of nitrogens with two attached hydrogens (primary N) is 1. The molecule has 0 aliphatic heterocycles. The summed E-state index contributed by atoms with van der Waals surface area (Å²) in [6.07, 6.45) is 5.89. The molecule has 3 rings (SSSR count). The first kappa shape index (κ1) is 24.3. The lowest BCUT2D eigenvalue weighted by Crippen LogP contribution is -2.25. The highest BCUT2D eigenvalue weighted by Crippen LogP contribution is 2.30. The van der Waals surface area contributed by atoms with Gasteiger partial charge in [-0.1, -0.05) is 32.3 Å². The van der Waals surface area contributed by atoms with Crippen molar-refractivity contribution in [2.24, 2.45) is 11.1 Å². The minimum Gasteiger partial charge on any atom is -0.326 e. The van der Waals surface area contributed by atoms with Crippen LogP contribution in [0.2, 0.25) is 0 Å². The van der Waals surface area contributed by atoms with Crippen LogP contribution in [0.5, 0.6) is 0 Å². The summed E-state index contributed by atoms with van der Waals surface area (Å²) in [4.78, 5) is 26.2. The summed E-state index contributed by atoms with van der Waals surface area (Å²) < 4.78 is 22.7. The number of hydrogen-bond donors (Lipinski definition) is 3. The molecule has 0 bridgehead atoms. The predicted molar refractivity (Wildman–Crippen MR) is 128 cm³/mol. The number of carbonyl (C=O) groups is 2. The molecule has 7 nitrogen and oxygen atoms in total. The average Bonchev–Trinajstić information content (AvgIpc) is 2.78. The number of nitrogens with one attached hydrogen (secondary N) is 2. The molecule has 2 aromatic carbocycles. The maximum atomic E-state index is 12.8. The highest BCUT2D eigenvalue weighted by Gasteiger charge is 2.22. The minimum absolute atomic E-state index is 0.0102. The summed E-state index contributed by atoms with van der Waals surface area (Å²) in [6.45, 7) is 1.93. The average molecular weight is 476 g/mol. The molecule has 172 valence electrons. The summed E-state index contributed by atoms with van der Waals surface area (Å²) in [5, 5.41) is 10.6. The fraction of sp³-hybridized carbons (Fsp3) is 0.391. The van der Waals surface area contributed by atoms with E-state index < -0.39 is 10.0 Å². The molecule has 0 aromatic heterocycles. The standard InChI is InChI=1S/C23H29N3O4S2/c1-2-21(23(28)25-17-11-13-20(14-12-17)32(24,29)30)31-19-10-6-9-18(15-19)26-22(27)16-7-4-3-5-8-16/h6,9-16,21H,2-5,7-8H2,1H3,(H,25,28)(H,26,27)(H2,24,29,30). The van der Waals surface area contributed by atoms with Gasteiger partial charge in [0.15, 0.2) is 0 Å². The van der Waals surface area contributed by atoms with Crippen LogP contribution in [0.4, 0.5) is 11.4 Å². The van der Waals surface area contributed by atoms with E-state index in [0.29, 0.717) is 12.1 Å². The number of amides is 2. The van der Waals surface area contributed by atoms with Crippen LogP contribution in [0.25, 0.3) is 0 Å². The number of carbonyl (C=O) groups excluding carboxylic acids is 2. The molecular weight excluding hydrogens is 446 g/mol. The molecule has 1 saturated carbocycles. The Balaban J connectivity index is 1.61. The van der Waals surface area contributed by atoms with Gasteiger partial charge in [-0.2, -0.15) is 0 Å². The van der Waals surface area contributed by atoms with E-state index >= 15 is 0 Å². The molecule has 1 aliphatic carbocycles. The van der Waals surface area contributed by atoms with Gasteiger partial charge in [0, 0.05) is 22.2 Å². The molecule has 0 spiro atoms. The molecule has 2 aromatic rings. The normalized spacial score (nSPS) is 15.7. The second kappa shape index (κ2) is 11.0. The fourth-order valence-corrected chi connectivity index (χ4v) is 5.22. The van der Waals surface area contributed by atoms with Crippen LogP contribution >= 0.6 is 11.8 Å². The van der Waals surface area contributed by atoms with Gasteiger partial charge in [0.1, 0.15) is 0 Å². The lowest BCUT2D eigenvalue weighted by atomic mass is 9.88. The van der Waals surface area contributed by atoms with Gasteiger partial charge in [0.2, 0.25) is 21.8 Å². The Morgan fingerprint density at radius 3 is 2.34 bits per heavy atom. The van der Waals surface area contributed by atoms with Crippen LogP contribution in [-0.4, -0.2) is 25.5 Å². The number of benzene rings is 2. The van der Waals surface area contributed by atoms with Gasteiger partial charge in [-0.15, -0.1) is 11.8 Å². The molecule has 4 N–H and O–H groups in total. The van der Waals surface area contributed by atoms with Gasteiger partial charge in [-0.3, -0.25) is 9.59 Å². The van der Waals surface area contributed by atoms with Crippen molar-refractivity contribution >= 4 is 45.0 Å². The van der Waals surface area contributed by atoms with Gasteiger partial charge in [0.25, 0.3) is 0 Å². The predicted octanol–water partition coefficient (Wildman–Crippen LogP) is 4.36. The number of thioether (sulfide) groups is 1. The molecule has 1 unspecified atom stereocenters. The highest BCUT2D eigenvalue weighted by molar-refractivity contribution is 8.00. The van der Waals surface area contributed by atoms with Crippen LogP contribution in [0, 0.1) is 5.92 Å². The van der Waals surface area contributed by atoms with Crippen molar-refractivity contribution in [1.29, 1.82) is 0 Å². The van der Waals surface area contributed by atoms with E-state index in [1.165, 1.54) is 42.4 Å². The molecule has 1 fully saturated rings. The van der Waals surface area contributed by atoms with Gasteiger partial charge < -0.3 is 10.6 Å². The first-order chi connectivity index (χ1) is 15.3. The van der Waals surface area contributed by atoms with Gasteiger partial charge in [-0.25, -0.2) is 13.6 Å². The number of anilines is 2. The number of sulfonamides is 1. The third-order valence-electron chi connectivity index (χ3n) is 5.47. The lowest BCUT2D eigenvalue weighted by molar-refractivity contribution is -0.120. The minimum atomic E-state index is -3.78. The Morgan fingerprint density at radius 2 is 1.72 bits per heavy atom. The Labute approximate surface area is 193 Å². The summed E-state index contributed by atoms with van der Waals surface area (Å²) in [6, 6.07) is 13.3. The number of primary sulfonamides is 1. The van der Waals surface area contributed by atoms with Gasteiger partial charge in [0.05, 0.1) is 10.1 Å². The van der Waals surface area contributed by atoms with E-state index in [-0.39, 0.29) is 27.9 Å². The smallest absolute Gasteiger partial charge is 0.238 e. The van der Waals surface area contributed by atoms with Crippen molar-refractivity contribution in [1.82, 2.24) is 0 Å². The highest BCUT2D eigenvalue weighted by atomic mass is 32.2. The van der Waals surface area contributed by atoms with Crippen LogP contribution in [0.3, 0.4) is 0 Å². The van der Waals surface area contributed by atoms with Crippen LogP contribution in [-0.2, 0) is 19.6 Å². The molecule has 1 aliphatic rings. The maximum Gasteiger partial charge on any atom is 0.238 e. The lowest BCUT2D eigenvalue weighted by Gasteiger charge is -2.21. The van der Waals surface area contributed by atoms with E-state index in [2.05, 4.69) is 10.6 Å². The van der Waals surface area contributed by atoms with E-state index in [1.807, 2.05) is 31.2 Å². The molecular formula is C23H29N3O4S2. The van der Waals surface area contributed by atoms with E-state index in [0.717, 1.165) is 36.3 Å². The molecule has 0 saturated heterocycles. The quantitative estimate of drug-likeness (QED) is 0.490. The topological polar surface area (TPSA) is 118 Å². The zero-order chi connectivity index (χ0) is 23.1. The zero-order valence-corrected chi connectivity index (χ0v) is 19.7. The summed E-state index contributed by atoms with van der Waals surface area (Å²) >= 11 is 1.42. The Kier molecular flexibility index (Phi) is 8.33. The van der Waals surface area contributed by atoms with Crippen molar-refractivity contribution in [3.63, 3.8) is 0 Å². The molecule has 0 heterocycles. The Bertz CT molecular complexity index is 1050. The van der Waals surface area contributed by atoms with E-state index in [1.54, 1.807) is 0 Å². The molecule has 2 amide bonds. The third-order valence-corrected chi connectivity index (χ3v) is 7.76. The van der Waals surface area contributed by atoms with Crippen molar-refractivity contribution in [2.75, 3.05) is 10.6 Å². The second-order valence-electron chi connectivity index (χ2n) is 7.93. The van der Waals surface area contributed by atoms with E-state index in [4.69, 9.17) is 5.14 Å². The molecule has 32 heavy (non-hydrogen) atoms. The van der Waals surface area contributed by atoms with Crippen LogP contribution < -0.4 is 15.8 Å². The van der Waals surface area contributed by atoms with Crippen LogP contribution in [0.1, 0.15) is 45.4 Å². The van der Waals surface area contributed by atoms with Crippen molar-refractivity contribution in [3.8, 4) is 0 Å². The number of hydrogen-bond acceptors (Lipinski definition) is 5. The number of rotatable bonds is 8.